The van der Waals surface area contributed by atoms with Gasteiger partial charge in [-0.2, -0.15) is 0 Å². The van der Waals surface area contributed by atoms with Gasteiger partial charge in [0.1, 0.15) is 23.7 Å². The van der Waals surface area contributed by atoms with Crippen LogP contribution in [0.25, 0.3) is 0 Å². The molecule has 3 N–H and O–H groups in total. The summed E-state index contributed by atoms with van der Waals surface area (Å²) in [5.41, 5.74) is 0.148. The minimum atomic E-state index is -1.12. The number of carboxylic acid groups (broad SMARTS) is 1. The molecule has 0 aliphatic carbocycles. The van der Waals surface area contributed by atoms with Crippen LogP contribution in [0.15, 0.2) is 30.3 Å². The molecule has 0 saturated carbocycles. The molecular weight excluding hydrogens is 466 g/mol. The molecule has 1 heterocycles. The molecule has 1 aliphatic heterocycles. The van der Waals surface area contributed by atoms with E-state index in [1.807, 2.05) is 44.2 Å². The molecular formula is C26H39N3O7. The van der Waals surface area contributed by atoms with Gasteiger partial charge >= 0.3 is 12.1 Å². The third-order valence-electron chi connectivity index (χ3n) is 6.00. The third-order valence-corrected chi connectivity index (χ3v) is 6.00. The molecule has 0 aromatic heterocycles. The highest BCUT2D eigenvalue weighted by Gasteiger charge is 2.39. The second kappa shape index (κ2) is 13.2. The first-order valence-electron chi connectivity index (χ1n) is 12.4. The van der Waals surface area contributed by atoms with Crippen molar-refractivity contribution in [2.75, 3.05) is 13.2 Å². The minimum Gasteiger partial charge on any atom is -0.480 e. The van der Waals surface area contributed by atoms with Crippen LogP contribution in [0.1, 0.15) is 59.4 Å². The van der Waals surface area contributed by atoms with E-state index in [4.69, 9.17) is 9.47 Å². The highest BCUT2D eigenvalue weighted by molar-refractivity contribution is 5.93. The molecule has 1 aromatic rings. The summed E-state index contributed by atoms with van der Waals surface area (Å²) in [4.78, 5) is 52.0. The smallest absolute Gasteiger partial charge is 0.408 e. The molecule has 10 heteroatoms. The lowest BCUT2D eigenvalue weighted by Gasteiger charge is -2.30. The first-order valence-corrected chi connectivity index (χ1v) is 12.4. The van der Waals surface area contributed by atoms with Crippen LogP contribution in [0.3, 0.4) is 0 Å². The van der Waals surface area contributed by atoms with Crippen molar-refractivity contribution >= 4 is 23.9 Å². The summed E-state index contributed by atoms with van der Waals surface area (Å²) in [7, 11) is 0. The second-order valence-corrected chi connectivity index (χ2v) is 10.1. The van der Waals surface area contributed by atoms with Gasteiger partial charge in [0.2, 0.25) is 11.8 Å². The van der Waals surface area contributed by atoms with E-state index in [2.05, 4.69) is 10.6 Å². The largest absolute Gasteiger partial charge is 0.480 e. The van der Waals surface area contributed by atoms with Crippen molar-refractivity contribution in [3.63, 3.8) is 0 Å². The maximum atomic E-state index is 13.4. The number of hydrogen-bond acceptors (Lipinski definition) is 6. The molecule has 1 fully saturated rings. The van der Waals surface area contributed by atoms with Gasteiger partial charge in [-0.3, -0.25) is 9.59 Å². The Morgan fingerprint density at radius 2 is 1.81 bits per heavy atom. The molecule has 0 bridgehead atoms. The van der Waals surface area contributed by atoms with Crippen LogP contribution in [0.2, 0.25) is 0 Å². The lowest BCUT2D eigenvalue weighted by atomic mass is 9.98. The van der Waals surface area contributed by atoms with Gasteiger partial charge in [0.05, 0.1) is 13.2 Å². The quantitative estimate of drug-likeness (QED) is 0.421. The standard InChI is InChI=1S/C26H39N3O7/c1-6-17(2)21(28-25(34)36-26(3,4)5)22(30)27-19(16-35-15-18-11-8-7-9-12-18)23(31)29-14-10-13-20(29)24(32)33/h7-9,11-12,17,19-21H,6,10,13-16H2,1-5H3,(H,27,30)(H,28,34)(H,32,33)/t17-,19-,20-,21-/m0/s1. The number of benzene rings is 1. The number of rotatable bonds is 11. The zero-order chi connectivity index (χ0) is 26.9. The number of ether oxygens (including phenoxy) is 2. The molecule has 0 spiro atoms. The van der Waals surface area contributed by atoms with Gasteiger partial charge < -0.3 is 30.1 Å². The first kappa shape index (κ1) is 29.1. The van der Waals surface area contributed by atoms with E-state index in [0.29, 0.717) is 19.3 Å². The van der Waals surface area contributed by atoms with Crippen molar-refractivity contribution in [2.45, 2.75) is 84.2 Å². The van der Waals surface area contributed by atoms with Crippen LogP contribution >= 0.6 is 0 Å². The summed E-state index contributed by atoms with van der Waals surface area (Å²) in [6.07, 6.45) is 0.757. The van der Waals surface area contributed by atoms with E-state index in [1.54, 1.807) is 20.8 Å². The van der Waals surface area contributed by atoms with Gasteiger partial charge in [-0.15, -0.1) is 0 Å². The van der Waals surface area contributed by atoms with Crippen LogP contribution in [0.4, 0.5) is 4.79 Å². The Morgan fingerprint density at radius 3 is 2.39 bits per heavy atom. The van der Waals surface area contributed by atoms with Crippen LogP contribution < -0.4 is 10.6 Å². The van der Waals surface area contributed by atoms with E-state index < -0.39 is 47.6 Å². The second-order valence-electron chi connectivity index (χ2n) is 10.1. The summed E-state index contributed by atoms with van der Waals surface area (Å²) in [6, 6.07) is 6.34. The van der Waals surface area contributed by atoms with Gasteiger partial charge in [0.15, 0.2) is 0 Å². The molecule has 0 radical (unpaired) electrons. The molecule has 1 aromatic carbocycles. The zero-order valence-corrected chi connectivity index (χ0v) is 21.8. The summed E-state index contributed by atoms with van der Waals surface area (Å²) >= 11 is 0. The lowest BCUT2D eigenvalue weighted by Crippen LogP contribution is -2.58. The highest BCUT2D eigenvalue weighted by atomic mass is 16.6. The molecule has 10 nitrogen and oxygen atoms in total. The molecule has 200 valence electrons. The lowest BCUT2D eigenvalue weighted by molar-refractivity contribution is -0.150. The van der Waals surface area contributed by atoms with Crippen molar-refractivity contribution < 1.29 is 33.8 Å². The number of nitrogens with zero attached hydrogens (tertiary/aromatic N) is 1. The number of carbonyl (C=O) groups excluding carboxylic acids is 3. The topological polar surface area (TPSA) is 134 Å². The average Bonchev–Trinajstić information content (AvgIpc) is 3.31. The molecule has 2 rings (SSSR count). The van der Waals surface area contributed by atoms with Crippen LogP contribution in [-0.4, -0.2) is 70.8 Å². The van der Waals surface area contributed by atoms with E-state index >= 15 is 0 Å². The van der Waals surface area contributed by atoms with Gasteiger partial charge in [-0.25, -0.2) is 9.59 Å². The third kappa shape index (κ3) is 8.82. The predicted octanol–water partition coefficient (Wildman–Crippen LogP) is 2.70. The van der Waals surface area contributed by atoms with Crippen molar-refractivity contribution in [1.29, 1.82) is 0 Å². The minimum absolute atomic E-state index is 0.151. The SMILES string of the molecule is CC[C@H](C)[C@H](NC(=O)OC(C)(C)C)C(=O)N[C@@H](COCc1ccccc1)C(=O)N1CCC[C@H]1C(=O)O. The summed E-state index contributed by atoms with van der Waals surface area (Å²) < 4.78 is 11.1. The fourth-order valence-electron chi connectivity index (χ4n) is 3.93. The number of nitrogens with one attached hydrogen (secondary N) is 2. The van der Waals surface area contributed by atoms with Crippen LogP contribution in [0, 0.1) is 5.92 Å². The van der Waals surface area contributed by atoms with E-state index in [0.717, 1.165) is 5.56 Å². The molecule has 36 heavy (non-hydrogen) atoms. The molecule has 1 saturated heterocycles. The van der Waals surface area contributed by atoms with Gasteiger partial charge in [0.25, 0.3) is 0 Å². The molecule has 1 aliphatic rings. The van der Waals surface area contributed by atoms with Gasteiger partial charge in [0, 0.05) is 6.54 Å². The molecule has 4 atom stereocenters. The predicted molar refractivity (Wildman–Crippen MR) is 133 cm³/mol. The Bertz CT molecular complexity index is 901. The summed E-state index contributed by atoms with van der Waals surface area (Å²) in [6.45, 7) is 9.21. The average molecular weight is 506 g/mol. The van der Waals surface area contributed by atoms with E-state index in [9.17, 15) is 24.3 Å². The Balaban J connectivity index is 2.18. The molecule has 0 unspecified atom stereocenters. The Hall–Kier alpha value is -3.14. The highest BCUT2D eigenvalue weighted by Crippen LogP contribution is 2.19. The Kier molecular flexibility index (Phi) is 10.7. The normalized spacial score (nSPS) is 18.1. The van der Waals surface area contributed by atoms with Crippen LogP contribution in [-0.2, 0) is 30.5 Å². The first-order chi connectivity index (χ1) is 16.9. The fourth-order valence-corrected chi connectivity index (χ4v) is 3.93. The van der Waals surface area contributed by atoms with E-state index in [-0.39, 0.29) is 25.7 Å². The maximum Gasteiger partial charge on any atom is 0.408 e. The summed E-state index contributed by atoms with van der Waals surface area (Å²) in [5.74, 6) is -2.43. The number of aliphatic carboxylic acids is 1. The number of alkyl carbamates (subject to hydrolysis) is 1. The summed E-state index contributed by atoms with van der Waals surface area (Å²) in [5, 5.41) is 14.9. The zero-order valence-electron chi connectivity index (χ0n) is 21.8. The fraction of sp³-hybridized carbons (Fsp3) is 0.615. The van der Waals surface area contributed by atoms with Crippen molar-refractivity contribution in [3.05, 3.63) is 35.9 Å². The Labute approximate surface area is 212 Å². The van der Waals surface area contributed by atoms with Crippen molar-refractivity contribution in [3.8, 4) is 0 Å². The van der Waals surface area contributed by atoms with Crippen molar-refractivity contribution in [1.82, 2.24) is 15.5 Å². The monoisotopic (exact) mass is 505 g/mol. The number of carbonyl (C=O) groups is 4. The number of hydrogen-bond donors (Lipinski definition) is 3. The van der Waals surface area contributed by atoms with Gasteiger partial charge in [-0.1, -0.05) is 50.6 Å². The van der Waals surface area contributed by atoms with Crippen molar-refractivity contribution in [2.24, 2.45) is 5.92 Å². The molecule has 3 amide bonds. The number of likely N-dealkylation sites (tertiary alicyclic amines) is 1. The number of amides is 3. The van der Waals surface area contributed by atoms with Crippen LogP contribution in [0.5, 0.6) is 0 Å². The maximum absolute atomic E-state index is 13.4. The van der Waals surface area contributed by atoms with Gasteiger partial charge in [-0.05, 0) is 45.1 Å². The Morgan fingerprint density at radius 1 is 1.14 bits per heavy atom. The number of carboxylic acids is 1. The van der Waals surface area contributed by atoms with E-state index in [1.165, 1.54) is 4.90 Å².